The number of hydrogen-bond donors (Lipinski definition) is 1. The van der Waals surface area contributed by atoms with E-state index in [4.69, 9.17) is 9.47 Å². The number of benzene rings is 1. The van der Waals surface area contributed by atoms with Crippen molar-refractivity contribution in [2.45, 2.75) is 31.9 Å². The maximum absolute atomic E-state index is 5.72. The van der Waals surface area contributed by atoms with Gasteiger partial charge in [0.25, 0.3) is 0 Å². The molecule has 1 aliphatic rings. The first-order valence-corrected chi connectivity index (χ1v) is 6.73. The summed E-state index contributed by atoms with van der Waals surface area (Å²) in [4.78, 5) is 0. The van der Waals surface area contributed by atoms with Crippen molar-refractivity contribution in [3.8, 4) is 5.75 Å². The lowest BCUT2D eigenvalue weighted by Gasteiger charge is -2.27. The minimum atomic E-state index is 0.199. The predicted molar refractivity (Wildman–Crippen MR) is 72.9 cm³/mol. The molecule has 0 aliphatic heterocycles. The van der Waals surface area contributed by atoms with Gasteiger partial charge in [0, 0.05) is 12.7 Å². The summed E-state index contributed by atoms with van der Waals surface area (Å²) in [6.45, 7) is 2.70. The van der Waals surface area contributed by atoms with E-state index in [0.717, 1.165) is 5.75 Å². The van der Waals surface area contributed by atoms with Crippen LogP contribution in [0.3, 0.4) is 0 Å². The quantitative estimate of drug-likeness (QED) is 0.806. The van der Waals surface area contributed by atoms with Crippen molar-refractivity contribution in [3.05, 3.63) is 29.8 Å². The molecule has 1 aliphatic carbocycles. The van der Waals surface area contributed by atoms with Crippen LogP contribution in [0.4, 0.5) is 0 Å². The van der Waals surface area contributed by atoms with Crippen LogP contribution in [0.15, 0.2) is 24.3 Å². The van der Waals surface area contributed by atoms with Gasteiger partial charge in [0.1, 0.15) is 5.75 Å². The van der Waals surface area contributed by atoms with Gasteiger partial charge in [-0.05, 0) is 38.8 Å². The van der Waals surface area contributed by atoms with Gasteiger partial charge in [0.05, 0.1) is 18.8 Å². The number of likely N-dealkylation sites (N-methyl/N-ethyl adjacent to an activating group) is 1. The van der Waals surface area contributed by atoms with Gasteiger partial charge in [-0.1, -0.05) is 18.2 Å². The van der Waals surface area contributed by atoms with E-state index < -0.39 is 0 Å². The smallest absolute Gasteiger partial charge is 0.124 e. The zero-order chi connectivity index (χ0) is 13.0. The second-order valence-electron chi connectivity index (χ2n) is 4.77. The van der Waals surface area contributed by atoms with Crippen LogP contribution in [0.25, 0.3) is 0 Å². The van der Waals surface area contributed by atoms with Crippen molar-refractivity contribution in [2.75, 3.05) is 20.8 Å². The normalized spacial score (nSPS) is 18.4. The lowest BCUT2D eigenvalue weighted by molar-refractivity contribution is 0.0521. The third-order valence-electron chi connectivity index (χ3n) is 3.55. The maximum Gasteiger partial charge on any atom is 0.124 e. The molecule has 1 aromatic rings. The Morgan fingerprint density at radius 1 is 1.33 bits per heavy atom. The SMILES string of the molecule is CCOc1ccccc1C(NC)C(OC)C1CC1. The zero-order valence-electron chi connectivity index (χ0n) is 11.5. The van der Waals surface area contributed by atoms with Gasteiger partial charge in [-0.25, -0.2) is 0 Å². The molecule has 0 spiro atoms. The number of ether oxygens (including phenoxy) is 2. The van der Waals surface area contributed by atoms with Gasteiger partial charge < -0.3 is 14.8 Å². The molecule has 0 heterocycles. The van der Waals surface area contributed by atoms with Gasteiger partial charge in [-0.15, -0.1) is 0 Å². The van der Waals surface area contributed by atoms with Crippen LogP contribution in [0.2, 0.25) is 0 Å². The van der Waals surface area contributed by atoms with E-state index in [-0.39, 0.29) is 12.1 Å². The molecule has 3 heteroatoms. The average molecular weight is 249 g/mol. The van der Waals surface area contributed by atoms with E-state index in [0.29, 0.717) is 12.5 Å². The first kappa shape index (κ1) is 13.4. The van der Waals surface area contributed by atoms with Crippen LogP contribution in [-0.4, -0.2) is 26.9 Å². The van der Waals surface area contributed by atoms with Crippen molar-refractivity contribution in [1.82, 2.24) is 5.32 Å². The van der Waals surface area contributed by atoms with Crippen LogP contribution < -0.4 is 10.1 Å². The fraction of sp³-hybridized carbons (Fsp3) is 0.600. The number of rotatable bonds is 7. The van der Waals surface area contributed by atoms with Crippen LogP contribution in [0.5, 0.6) is 5.75 Å². The van der Waals surface area contributed by atoms with E-state index in [9.17, 15) is 0 Å². The third kappa shape index (κ3) is 2.85. The average Bonchev–Trinajstić information content (AvgIpc) is 3.21. The topological polar surface area (TPSA) is 30.5 Å². The zero-order valence-corrected chi connectivity index (χ0v) is 11.5. The highest BCUT2D eigenvalue weighted by atomic mass is 16.5. The molecular formula is C15H23NO2. The van der Waals surface area contributed by atoms with E-state index in [1.807, 2.05) is 26.1 Å². The Kier molecular flexibility index (Phi) is 4.61. The monoisotopic (exact) mass is 249 g/mol. The van der Waals surface area contributed by atoms with Gasteiger partial charge in [-0.2, -0.15) is 0 Å². The predicted octanol–water partition coefficient (Wildman–Crippen LogP) is 2.77. The Bertz CT molecular complexity index is 377. The Morgan fingerprint density at radius 3 is 2.61 bits per heavy atom. The molecule has 0 aromatic heterocycles. The summed E-state index contributed by atoms with van der Waals surface area (Å²) in [5.74, 6) is 1.64. The van der Waals surface area contributed by atoms with Gasteiger partial charge in [0.15, 0.2) is 0 Å². The molecule has 0 saturated heterocycles. The highest BCUT2D eigenvalue weighted by molar-refractivity contribution is 5.37. The second-order valence-corrected chi connectivity index (χ2v) is 4.77. The summed E-state index contributed by atoms with van der Waals surface area (Å²) in [5, 5.41) is 3.38. The van der Waals surface area contributed by atoms with E-state index >= 15 is 0 Å². The molecule has 3 nitrogen and oxygen atoms in total. The molecule has 0 radical (unpaired) electrons. The van der Waals surface area contributed by atoms with Crippen molar-refractivity contribution in [2.24, 2.45) is 5.92 Å². The Balaban J connectivity index is 2.25. The molecule has 1 N–H and O–H groups in total. The highest BCUT2D eigenvalue weighted by Crippen LogP contribution is 2.41. The van der Waals surface area contributed by atoms with E-state index in [1.165, 1.54) is 18.4 Å². The summed E-state index contributed by atoms with van der Waals surface area (Å²) in [5.41, 5.74) is 1.20. The van der Waals surface area contributed by atoms with E-state index in [1.54, 1.807) is 7.11 Å². The van der Waals surface area contributed by atoms with Crippen LogP contribution in [0, 0.1) is 5.92 Å². The largest absolute Gasteiger partial charge is 0.494 e. The molecule has 2 rings (SSSR count). The lowest BCUT2D eigenvalue weighted by atomic mass is 9.97. The fourth-order valence-electron chi connectivity index (χ4n) is 2.55. The lowest BCUT2D eigenvalue weighted by Crippen LogP contribution is -2.33. The summed E-state index contributed by atoms with van der Waals surface area (Å²) >= 11 is 0. The molecule has 18 heavy (non-hydrogen) atoms. The van der Waals surface area contributed by atoms with Crippen molar-refractivity contribution >= 4 is 0 Å². The van der Waals surface area contributed by atoms with Crippen LogP contribution >= 0.6 is 0 Å². The maximum atomic E-state index is 5.72. The standard InChI is InChI=1S/C15H23NO2/c1-4-18-13-8-6-5-7-12(13)14(16-2)15(17-3)11-9-10-11/h5-8,11,14-16H,4,9-10H2,1-3H3. The molecule has 0 bridgehead atoms. The summed E-state index contributed by atoms with van der Waals surface area (Å²) in [6.07, 6.45) is 2.78. The van der Waals surface area contributed by atoms with Gasteiger partial charge in [-0.3, -0.25) is 0 Å². The van der Waals surface area contributed by atoms with Gasteiger partial charge in [0.2, 0.25) is 0 Å². The van der Waals surface area contributed by atoms with E-state index in [2.05, 4.69) is 17.4 Å². The molecule has 2 atom stereocenters. The molecule has 2 unspecified atom stereocenters. The third-order valence-corrected chi connectivity index (χ3v) is 3.55. The van der Waals surface area contributed by atoms with Crippen LogP contribution in [-0.2, 0) is 4.74 Å². The van der Waals surface area contributed by atoms with Gasteiger partial charge >= 0.3 is 0 Å². The molecule has 1 saturated carbocycles. The molecule has 1 fully saturated rings. The van der Waals surface area contributed by atoms with Crippen molar-refractivity contribution in [1.29, 1.82) is 0 Å². The van der Waals surface area contributed by atoms with Crippen molar-refractivity contribution in [3.63, 3.8) is 0 Å². The minimum absolute atomic E-state index is 0.199. The Morgan fingerprint density at radius 2 is 2.06 bits per heavy atom. The number of para-hydroxylation sites is 1. The molecule has 100 valence electrons. The number of hydrogen-bond acceptors (Lipinski definition) is 3. The Labute approximate surface area is 109 Å². The summed E-state index contributed by atoms with van der Waals surface area (Å²) in [7, 11) is 3.79. The second kappa shape index (κ2) is 6.21. The first-order chi connectivity index (χ1) is 8.81. The molecule has 1 aromatic carbocycles. The highest BCUT2D eigenvalue weighted by Gasteiger charge is 2.37. The number of nitrogens with one attached hydrogen (secondary N) is 1. The first-order valence-electron chi connectivity index (χ1n) is 6.73. The fourth-order valence-corrected chi connectivity index (χ4v) is 2.55. The number of methoxy groups -OCH3 is 1. The minimum Gasteiger partial charge on any atom is -0.494 e. The summed E-state index contributed by atoms with van der Waals surface area (Å²) < 4.78 is 11.4. The van der Waals surface area contributed by atoms with Crippen LogP contribution in [0.1, 0.15) is 31.4 Å². The molecule has 0 amide bonds. The summed E-state index contributed by atoms with van der Waals surface area (Å²) in [6, 6.07) is 8.43. The van der Waals surface area contributed by atoms with Crippen molar-refractivity contribution < 1.29 is 9.47 Å². The molecular weight excluding hydrogens is 226 g/mol. The Hall–Kier alpha value is -1.06.